The second-order valence-corrected chi connectivity index (χ2v) is 7.92. The maximum absolute atomic E-state index is 12.6. The van der Waals surface area contributed by atoms with Gasteiger partial charge in [0.1, 0.15) is 0 Å². The van der Waals surface area contributed by atoms with E-state index in [-0.39, 0.29) is 18.1 Å². The molecule has 0 bridgehead atoms. The Morgan fingerprint density at radius 1 is 1.36 bits per heavy atom. The summed E-state index contributed by atoms with van der Waals surface area (Å²) in [5.41, 5.74) is 3.68. The molecule has 0 radical (unpaired) electrons. The van der Waals surface area contributed by atoms with Crippen molar-refractivity contribution in [3.8, 4) is 0 Å². The number of carbonyl (C=O) groups excluding carboxylic acids is 1. The van der Waals surface area contributed by atoms with E-state index < -0.39 is 4.92 Å². The Balaban J connectivity index is 2.03. The first-order valence-corrected chi connectivity index (χ1v) is 9.67. The Bertz CT molecular complexity index is 877. The molecule has 1 aromatic carbocycles. The minimum absolute atomic E-state index is 0.0379. The highest BCUT2D eigenvalue weighted by atomic mass is 35.5. The van der Waals surface area contributed by atoms with Crippen LogP contribution in [0.1, 0.15) is 42.8 Å². The Hall–Kier alpha value is -2.41. The number of aromatic nitrogens is 2. The molecule has 7 nitrogen and oxygen atoms in total. The van der Waals surface area contributed by atoms with Crippen molar-refractivity contribution in [1.82, 2.24) is 14.7 Å². The van der Waals surface area contributed by atoms with Gasteiger partial charge in [-0.3, -0.25) is 19.6 Å². The molecule has 0 unspecified atom stereocenters. The summed E-state index contributed by atoms with van der Waals surface area (Å²) >= 11 is 6.14. The number of halogens is 1. The molecule has 1 heterocycles. The van der Waals surface area contributed by atoms with Gasteiger partial charge in [-0.1, -0.05) is 25.4 Å². The summed E-state index contributed by atoms with van der Waals surface area (Å²) < 4.78 is 2.01. The van der Waals surface area contributed by atoms with Crippen molar-refractivity contribution in [1.29, 1.82) is 0 Å². The number of nitrogens with zero attached hydrogens (tertiary/aromatic N) is 4. The molecule has 0 aliphatic carbocycles. The summed E-state index contributed by atoms with van der Waals surface area (Å²) in [5.74, 6) is 0.455. The average molecular weight is 407 g/mol. The lowest BCUT2D eigenvalue weighted by Gasteiger charge is -2.18. The van der Waals surface area contributed by atoms with E-state index in [4.69, 9.17) is 11.6 Å². The van der Waals surface area contributed by atoms with Gasteiger partial charge in [0.15, 0.2) is 0 Å². The molecule has 1 amide bonds. The lowest BCUT2D eigenvalue weighted by Crippen LogP contribution is -2.26. The highest BCUT2D eigenvalue weighted by molar-refractivity contribution is 6.31. The van der Waals surface area contributed by atoms with E-state index >= 15 is 0 Å². The molecule has 28 heavy (non-hydrogen) atoms. The second-order valence-electron chi connectivity index (χ2n) is 7.51. The van der Waals surface area contributed by atoms with Crippen LogP contribution >= 0.6 is 11.6 Å². The van der Waals surface area contributed by atoms with Gasteiger partial charge in [-0.25, -0.2) is 0 Å². The number of hydrogen-bond acceptors (Lipinski definition) is 4. The van der Waals surface area contributed by atoms with Crippen molar-refractivity contribution in [2.75, 3.05) is 7.05 Å². The summed E-state index contributed by atoms with van der Waals surface area (Å²) in [6, 6.07) is 4.26. The minimum Gasteiger partial charge on any atom is -0.341 e. The molecule has 0 atom stereocenters. The van der Waals surface area contributed by atoms with Gasteiger partial charge in [0.25, 0.3) is 5.69 Å². The third kappa shape index (κ3) is 5.32. The number of nitro groups is 1. The number of rotatable bonds is 8. The molecular formula is C20H27ClN4O3. The normalized spacial score (nSPS) is 11.1. The number of hydrogen-bond donors (Lipinski definition) is 0. The summed E-state index contributed by atoms with van der Waals surface area (Å²) in [5, 5.41) is 15.9. The smallest absolute Gasteiger partial charge is 0.269 e. The molecule has 0 N–H and O–H groups in total. The standard InChI is InChI=1S/C20H27ClN4O3/c1-13(2)11-24-15(4)18(14(3)22-24)7-9-20(26)23(5)12-16-10-17(25(27)28)6-8-19(16)21/h6,8,10,13H,7,9,11-12H2,1-5H3. The third-order valence-electron chi connectivity index (χ3n) is 4.73. The molecule has 0 fully saturated rings. The van der Waals surface area contributed by atoms with Crippen molar-refractivity contribution in [2.24, 2.45) is 5.92 Å². The first-order valence-electron chi connectivity index (χ1n) is 9.29. The van der Waals surface area contributed by atoms with E-state index in [9.17, 15) is 14.9 Å². The highest BCUT2D eigenvalue weighted by Crippen LogP contribution is 2.23. The molecule has 0 aliphatic rings. The van der Waals surface area contributed by atoms with E-state index in [1.807, 2.05) is 18.5 Å². The molecular weight excluding hydrogens is 380 g/mol. The van der Waals surface area contributed by atoms with Crippen molar-refractivity contribution in [3.05, 3.63) is 55.9 Å². The van der Waals surface area contributed by atoms with Gasteiger partial charge in [0.05, 0.1) is 10.6 Å². The largest absolute Gasteiger partial charge is 0.341 e. The molecule has 0 saturated heterocycles. The van der Waals surface area contributed by atoms with Gasteiger partial charge in [-0.05, 0) is 43.4 Å². The van der Waals surface area contributed by atoms with E-state index in [1.54, 1.807) is 11.9 Å². The topological polar surface area (TPSA) is 81.3 Å². The van der Waals surface area contributed by atoms with E-state index in [0.29, 0.717) is 29.3 Å². The van der Waals surface area contributed by atoms with Crippen molar-refractivity contribution in [3.63, 3.8) is 0 Å². The fourth-order valence-corrected chi connectivity index (χ4v) is 3.36. The quantitative estimate of drug-likeness (QED) is 0.483. The zero-order valence-electron chi connectivity index (χ0n) is 17.0. The van der Waals surface area contributed by atoms with Crippen molar-refractivity contribution < 1.29 is 9.72 Å². The molecule has 0 aliphatic heterocycles. The summed E-state index contributed by atoms with van der Waals surface area (Å²) in [7, 11) is 1.68. The van der Waals surface area contributed by atoms with Crippen LogP contribution in [0.15, 0.2) is 18.2 Å². The maximum atomic E-state index is 12.6. The maximum Gasteiger partial charge on any atom is 0.269 e. The van der Waals surface area contributed by atoms with Crippen LogP contribution < -0.4 is 0 Å². The molecule has 1 aromatic heterocycles. The van der Waals surface area contributed by atoms with Crippen LogP contribution in [-0.4, -0.2) is 32.6 Å². The SMILES string of the molecule is Cc1nn(CC(C)C)c(C)c1CCC(=O)N(C)Cc1cc([N+](=O)[O-])ccc1Cl. The average Bonchev–Trinajstić information content (AvgIpc) is 2.87. The number of benzene rings is 1. The van der Waals surface area contributed by atoms with Crippen LogP contribution in [0.25, 0.3) is 0 Å². The third-order valence-corrected chi connectivity index (χ3v) is 5.10. The van der Waals surface area contributed by atoms with E-state index in [2.05, 4.69) is 18.9 Å². The van der Waals surface area contributed by atoms with Gasteiger partial charge < -0.3 is 4.90 Å². The van der Waals surface area contributed by atoms with Crippen LogP contribution in [0.4, 0.5) is 5.69 Å². The number of carbonyl (C=O) groups is 1. The molecule has 0 saturated carbocycles. The Morgan fingerprint density at radius 3 is 2.64 bits per heavy atom. The monoisotopic (exact) mass is 406 g/mol. The van der Waals surface area contributed by atoms with Gasteiger partial charge in [-0.15, -0.1) is 0 Å². The molecule has 2 rings (SSSR count). The summed E-state index contributed by atoms with van der Waals surface area (Å²) in [6.45, 7) is 9.38. The fourth-order valence-electron chi connectivity index (χ4n) is 3.18. The summed E-state index contributed by atoms with van der Waals surface area (Å²) in [6.07, 6.45) is 0.958. The van der Waals surface area contributed by atoms with Gasteiger partial charge in [0, 0.05) is 49.4 Å². The van der Waals surface area contributed by atoms with Crippen LogP contribution in [0.2, 0.25) is 5.02 Å². The number of amides is 1. The zero-order valence-corrected chi connectivity index (χ0v) is 17.8. The number of aryl methyl sites for hydroxylation is 1. The van der Waals surface area contributed by atoms with E-state index in [1.165, 1.54) is 18.2 Å². The lowest BCUT2D eigenvalue weighted by atomic mass is 10.1. The fraction of sp³-hybridized carbons (Fsp3) is 0.500. The predicted octanol–water partition coefficient (Wildman–Crippen LogP) is 4.31. The number of non-ortho nitro benzene ring substituents is 1. The zero-order chi connectivity index (χ0) is 21.0. The Labute approximate surface area is 170 Å². The number of nitro benzene ring substituents is 1. The van der Waals surface area contributed by atoms with Crippen LogP contribution in [-0.2, 0) is 24.3 Å². The first kappa shape index (κ1) is 21.9. The first-order chi connectivity index (χ1) is 13.1. The second kappa shape index (κ2) is 9.19. The van der Waals surface area contributed by atoms with Crippen molar-refractivity contribution >= 4 is 23.2 Å². The molecule has 152 valence electrons. The molecule has 0 spiro atoms. The minimum atomic E-state index is -0.470. The van der Waals surface area contributed by atoms with Gasteiger partial charge in [-0.2, -0.15) is 5.10 Å². The Morgan fingerprint density at radius 2 is 2.04 bits per heavy atom. The van der Waals surface area contributed by atoms with Gasteiger partial charge in [0.2, 0.25) is 5.91 Å². The molecule has 2 aromatic rings. The predicted molar refractivity (Wildman–Crippen MR) is 109 cm³/mol. The van der Waals surface area contributed by atoms with Crippen LogP contribution in [0.3, 0.4) is 0 Å². The van der Waals surface area contributed by atoms with Crippen LogP contribution in [0, 0.1) is 29.9 Å². The Kier molecular flexibility index (Phi) is 7.18. The van der Waals surface area contributed by atoms with E-state index in [0.717, 1.165) is 23.5 Å². The van der Waals surface area contributed by atoms with Crippen molar-refractivity contribution in [2.45, 2.75) is 53.6 Å². The van der Waals surface area contributed by atoms with Gasteiger partial charge >= 0.3 is 0 Å². The summed E-state index contributed by atoms with van der Waals surface area (Å²) in [4.78, 5) is 24.6. The van der Waals surface area contributed by atoms with Crippen LogP contribution in [0.5, 0.6) is 0 Å². The molecule has 8 heteroatoms. The highest BCUT2D eigenvalue weighted by Gasteiger charge is 2.17. The lowest BCUT2D eigenvalue weighted by molar-refractivity contribution is -0.384.